The van der Waals surface area contributed by atoms with E-state index in [1.165, 1.54) is 0 Å². The highest BCUT2D eigenvalue weighted by molar-refractivity contribution is 7.22. The first-order valence-electron chi connectivity index (χ1n) is 9.43. The molecule has 0 bridgehead atoms. The molecule has 0 aromatic carbocycles. The second-order valence-electron chi connectivity index (χ2n) is 6.80. The molecule has 3 aliphatic rings. The third-order valence-electron chi connectivity index (χ3n) is 4.94. The Hall–Kier alpha value is -2.10. The van der Waals surface area contributed by atoms with Crippen LogP contribution in [0.4, 0.5) is 0 Å². The first kappa shape index (κ1) is 17.7. The Morgan fingerprint density at radius 2 is 1.14 bits per heavy atom. The van der Waals surface area contributed by atoms with Crippen molar-refractivity contribution < 1.29 is 18.9 Å². The summed E-state index contributed by atoms with van der Waals surface area (Å²) >= 11 is 5.00. The summed E-state index contributed by atoms with van der Waals surface area (Å²) in [6.45, 7) is 7.44. The normalized spacial score (nSPS) is 18.0. The quantitative estimate of drug-likeness (QED) is 0.534. The highest BCUT2D eigenvalue weighted by Crippen LogP contribution is 2.52. The molecule has 0 atom stereocenters. The lowest BCUT2D eigenvalue weighted by Gasteiger charge is -2.16. The Morgan fingerprint density at radius 3 is 1.93 bits per heavy atom. The lowest BCUT2D eigenvalue weighted by molar-refractivity contribution is 0.173. The van der Waals surface area contributed by atoms with Gasteiger partial charge in [0.1, 0.15) is 18.1 Å². The van der Waals surface area contributed by atoms with Crippen molar-refractivity contribution in [1.29, 1.82) is 0 Å². The molecule has 6 nitrogen and oxygen atoms in total. The molecule has 9 heteroatoms. The van der Waals surface area contributed by atoms with Crippen LogP contribution in [0.5, 0.6) is 23.0 Å². The predicted molar refractivity (Wildman–Crippen MR) is 115 cm³/mol. The molecule has 0 fully saturated rings. The lowest BCUT2D eigenvalue weighted by Crippen LogP contribution is -2.20. The Balaban J connectivity index is 1.72. The van der Waals surface area contributed by atoms with Crippen molar-refractivity contribution in [1.82, 2.24) is 0 Å². The zero-order valence-electron chi connectivity index (χ0n) is 15.9. The maximum absolute atomic E-state index is 6.09. The zero-order valence-corrected chi connectivity index (χ0v) is 18.4. The largest absolute Gasteiger partial charge is 0.485 e. The van der Waals surface area contributed by atoms with E-state index in [1.807, 2.05) is 0 Å². The predicted octanol–water partition coefficient (Wildman–Crippen LogP) is 3.23. The number of fused-ring (bicyclic) bond motifs is 3. The molecule has 0 N–H and O–H groups in total. The molecule has 3 aliphatic heterocycles. The minimum Gasteiger partial charge on any atom is -0.485 e. The molecule has 6 rings (SSSR count). The van der Waals surface area contributed by atoms with Gasteiger partial charge in [0, 0.05) is 4.88 Å². The molecule has 150 valence electrons. The molecular formula is C20H18O6S3+2. The van der Waals surface area contributed by atoms with Crippen LogP contribution in [-0.2, 0) is 0 Å². The maximum atomic E-state index is 6.09. The number of rotatable bonds is 1. The summed E-state index contributed by atoms with van der Waals surface area (Å²) in [5, 5.41) is 0. The maximum Gasteiger partial charge on any atom is 0.405 e. The van der Waals surface area contributed by atoms with Gasteiger partial charge in [-0.1, -0.05) is 0 Å². The Morgan fingerprint density at radius 1 is 0.586 bits per heavy atom. The van der Waals surface area contributed by atoms with E-state index in [0.717, 1.165) is 62.4 Å². The van der Waals surface area contributed by atoms with Crippen LogP contribution in [0.15, 0.2) is 8.85 Å². The third-order valence-corrected chi connectivity index (χ3v) is 8.55. The fourth-order valence-corrected chi connectivity index (χ4v) is 7.26. The van der Waals surface area contributed by atoms with Gasteiger partial charge in [-0.25, -0.2) is 8.85 Å². The van der Waals surface area contributed by atoms with Crippen LogP contribution in [0.1, 0.15) is 9.75 Å². The van der Waals surface area contributed by atoms with Gasteiger partial charge < -0.3 is 18.9 Å². The summed E-state index contributed by atoms with van der Waals surface area (Å²) in [6, 6.07) is 0. The van der Waals surface area contributed by atoms with Crippen LogP contribution in [0.25, 0.3) is 9.75 Å². The van der Waals surface area contributed by atoms with Gasteiger partial charge in [-0.2, -0.15) is 0 Å². The average molecular weight is 451 g/mol. The smallest absolute Gasteiger partial charge is 0.405 e. The molecule has 0 saturated heterocycles. The van der Waals surface area contributed by atoms with Crippen LogP contribution >= 0.6 is 34.0 Å². The van der Waals surface area contributed by atoms with Gasteiger partial charge in [-0.3, -0.25) is 0 Å². The van der Waals surface area contributed by atoms with Gasteiger partial charge >= 0.3 is 10.9 Å². The van der Waals surface area contributed by atoms with Crippen LogP contribution < -0.4 is 29.8 Å². The van der Waals surface area contributed by atoms with E-state index in [4.69, 9.17) is 27.8 Å². The molecule has 0 spiro atoms. The van der Waals surface area contributed by atoms with Gasteiger partial charge in [0.15, 0.2) is 33.8 Å². The molecule has 0 unspecified atom stereocenters. The Kier molecular flexibility index (Phi) is 4.11. The summed E-state index contributed by atoms with van der Waals surface area (Å²) in [5.74, 6) is 3.29. The van der Waals surface area contributed by atoms with Crippen molar-refractivity contribution in [3.8, 4) is 32.8 Å². The summed E-state index contributed by atoms with van der Waals surface area (Å²) in [4.78, 5) is 4.27. The first-order chi connectivity index (χ1) is 14.2. The van der Waals surface area contributed by atoms with Crippen molar-refractivity contribution in [3.05, 3.63) is 38.5 Å². The molecular weight excluding hydrogens is 432 g/mol. The SMILES string of the molecule is Cc1sc(-c2s/c(=c3/sc(C)c4c3=[O+]CCO4)c3c2OCC[O+]=3)c2c1OCCO2. The van der Waals surface area contributed by atoms with E-state index >= 15 is 0 Å². The fourth-order valence-electron chi connectivity index (χ4n) is 3.74. The third kappa shape index (κ3) is 2.64. The number of thiophene rings is 3. The van der Waals surface area contributed by atoms with Gasteiger partial charge in [0.25, 0.3) is 13.2 Å². The van der Waals surface area contributed by atoms with Crippen molar-refractivity contribution in [2.24, 2.45) is 0 Å². The summed E-state index contributed by atoms with van der Waals surface area (Å²) in [6.07, 6.45) is 0. The molecule has 0 radical (unpaired) electrons. The lowest BCUT2D eigenvalue weighted by atomic mass is 10.3. The van der Waals surface area contributed by atoms with Gasteiger partial charge in [0.2, 0.25) is 11.5 Å². The average Bonchev–Trinajstić information content (AvgIpc) is 3.41. The molecule has 0 amide bonds. The number of hydrogen-bond acceptors (Lipinski definition) is 7. The monoisotopic (exact) mass is 450 g/mol. The van der Waals surface area contributed by atoms with E-state index < -0.39 is 0 Å². The van der Waals surface area contributed by atoms with Gasteiger partial charge in [0.05, 0.1) is 9.75 Å². The van der Waals surface area contributed by atoms with Gasteiger partial charge in [-0.05, 0) is 13.8 Å². The first-order valence-corrected chi connectivity index (χ1v) is 11.9. The van der Waals surface area contributed by atoms with Crippen molar-refractivity contribution in [2.75, 3.05) is 39.6 Å². The molecule has 3 aromatic heterocycles. The molecule has 3 aromatic rings. The zero-order chi connectivity index (χ0) is 19.5. The molecule has 6 heterocycles. The highest BCUT2D eigenvalue weighted by atomic mass is 32.1. The van der Waals surface area contributed by atoms with Crippen molar-refractivity contribution in [2.45, 2.75) is 13.8 Å². The van der Waals surface area contributed by atoms with E-state index in [2.05, 4.69) is 13.8 Å². The minimum atomic E-state index is 0.529. The van der Waals surface area contributed by atoms with E-state index in [1.54, 1.807) is 34.0 Å². The van der Waals surface area contributed by atoms with Gasteiger partial charge in [-0.15, -0.1) is 34.0 Å². The summed E-state index contributed by atoms with van der Waals surface area (Å²) in [7, 11) is 0. The Bertz CT molecular complexity index is 1350. The van der Waals surface area contributed by atoms with Crippen LogP contribution in [0.2, 0.25) is 0 Å². The van der Waals surface area contributed by atoms with Crippen LogP contribution in [-0.4, -0.2) is 39.6 Å². The van der Waals surface area contributed by atoms with E-state index in [9.17, 15) is 0 Å². The highest BCUT2D eigenvalue weighted by Gasteiger charge is 2.33. The van der Waals surface area contributed by atoms with Crippen LogP contribution in [0, 0.1) is 22.9 Å². The second kappa shape index (κ2) is 6.72. The standard InChI is InChI=1S/C20H18O6S3/c1-9-11-13(23-5-3-21-11)17(27-9)19-15-16(26-8-7-25-15)20(29-19)18-14-12(10(2)28-18)22-4-6-24-14/h3-8H2,1-2H3/q+2. The number of hydrogen-bond donors (Lipinski definition) is 0. The minimum absolute atomic E-state index is 0.529. The van der Waals surface area contributed by atoms with Crippen LogP contribution in [0.3, 0.4) is 0 Å². The molecule has 0 aliphatic carbocycles. The topological polar surface area (TPSA) is 59.5 Å². The summed E-state index contributed by atoms with van der Waals surface area (Å²) in [5.41, 5.74) is 1.60. The molecule has 0 saturated carbocycles. The number of ether oxygens (including phenoxy) is 4. The van der Waals surface area contributed by atoms with Crippen molar-refractivity contribution in [3.63, 3.8) is 0 Å². The molecule has 29 heavy (non-hydrogen) atoms. The summed E-state index contributed by atoms with van der Waals surface area (Å²) < 4.78 is 37.9. The van der Waals surface area contributed by atoms with E-state index in [-0.39, 0.29) is 0 Å². The second-order valence-corrected chi connectivity index (χ2v) is 10.3. The van der Waals surface area contributed by atoms with Crippen molar-refractivity contribution >= 4 is 34.0 Å². The fraction of sp³-hybridized carbons (Fsp3) is 0.400. The van der Waals surface area contributed by atoms with E-state index in [0.29, 0.717) is 39.6 Å². The number of aryl methyl sites for hydroxylation is 2. The Labute approximate surface area is 177 Å².